The summed E-state index contributed by atoms with van der Waals surface area (Å²) in [7, 11) is 0. The molecule has 0 unspecified atom stereocenters. The number of aromatic carboxylic acids is 1. The molecular formula is C23H19ClN2O5. The zero-order chi connectivity index (χ0) is 22.1. The maximum absolute atomic E-state index is 11.9. The molecule has 0 aromatic heterocycles. The monoisotopic (exact) mass is 438 g/mol. The fourth-order valence-corrected chi connectivity index (χ4v) is 2.64. The Morgan fingerprint density at radius 2 is 1.68 bits per heavy atom. The van der Waals surface area contributed by atoms with Crippen molar-refractivity contribution in [3.8, 4) is 11.5 Å². The Labute approximate surface area is 183 Å². The number of hydrazone groups is 1. The molecule has 158 valence electrons. The van der Waals surface area contributed by atoms with Gasteiger partial charge in [-0.15, -0.1) is 0 Å². The van der Waals surface area contributed by atoms with E-state index in [4.69, 9.17) is 26.2 Å². The van der Waals surface area contributed by atoms with Crippen LogP contribution < -0.4 is 14.9 Å². The lowest BCUT2D eigenvalue weighted by molar-refractivity contribution is -0.123. The van der Waals surface area contributed by atoms with E-state index in [0.29, 0.717) is 22.1 Å². The van der Waals surface area contributed by atoms with Crippen LogP contribution in [0.3, 0.4) is 0 Å². The fraction of sp³-hybridized carbons (Fsp3) is 0.0870. The second-order valence-corrected chi connectivity index (χ2v) is 6.80. The summed E-state index contributed by atoms with van der Waals surface area (Å²) < 4.78 is 11.2. The Balaban J connectivity index is 1.52. The van der Waals surface area contributed by atoms with Crippen LogP contribution in [0.2, 0.25) is 5.02 Å². The summed E-state index contributed by atoms with van der Waals surface area (Å²) in [4.78, 5) is 22.8. The minimum Gasteiger partial charge on any atom is -0.488 e. The topological polar surface area (TPSA) is 97.2 Å². The normalized spacial score (nSPS) is 10.6. The standard InChI is InChI=1S/C23H19ClN2O5/c24-19-9-11-20(12-10-19)30-15-22(27)26-25-13-18-3-1-2-4-21(18)31-14-16-5-7-17(8-6-16)23(28)29/h1-13H,14-15H2,(H,26,27)(H,28,29). The predicted octanol–water partition coefficient (Wildman–Crippen LogP) is 4.15. The van der Waals surface area contributed by atoms with Gasteiger partial charge in [-0.3, -0.25) is 4.79 Å². The van der Waals surface area contributed by atoms with Gasteiger partial charge in [0.25, 0.3) is 5.91 Å². The second kappa shape index (κ2) is 10.8. The molecule has 3 rings (SSSR count). The van der Waals surface area contributed by atoms with Gasteiger partial charge in [-0.25, -0.2) is 10.2 Å². The van der Waals surface area contributed by atoms with Gasteiger partial charge in [0.15, 0.2) is 6.61 Å². The molecule has 0 saturated carbocycles. The molecule has 0 aliphatic carbocycles. The van der Waals surface area contributed by atoms with Crippen LogP contribution in [0.1, 0.15) is 21.5 Å². The number of carboxylic acid groups (broad SMARTS) is 1. The van der Waals surface area contributed by atoms with Crippen LogP contribution in [0.4, 0.5) is 0 Å². The third kappa shape index (κ3) is 6.87. The van der Waals surface area contributed by atoms with Crippen molar-refractivity contribution in [1.82, 2.24) is 5.43 Å². The van der Waals surface area contributed by atoms with Crippen LogP contribution in [0.25, 0.3) is 0 Å². The van der Waals surface area contributed by atoms with Crippen LogP contribution in [-0.2, 0) is 11.4 Å². The van der Waals surface area contributed by atoms with E-state index in [1.807, 2.05) is 12.1 Å². The second-order valence-electron chi connectivity index (χ2n) is 6.36. The molecule has 8 heteroatoms. The molecule has 0 aliphatic rings. The lowest BCUT2D eigenvalue weighted by atomic mass is 10.1. The maximum Gasteiger partial charge on any atom is 0.335 e. The number of amides is 1. The van der Waals surface area contributed by atoms with Crippen LogP contribution in [0.5, 0.6) is 11.5 Å². The molecule has 3 aromatic rings. The van der Waals surface area contributed by atoms with Gasteiger partial charge in [-0.2, -0.15) is 5.10 Å². The molecule has 3 aromatic carbocycles. The summed E-state index contributed by atoms with van der Waals surface area (Å²) in [6, 6.07) is 20.3. The molecule has 0 bridgehead atoms. The third-order valence-electron chi connectivity index (χ3n) is 4.09. The van der Waals surface area contributed by atoms with Crippen LogP contribution >= 0.6 is 11.6 Å². The Kier molecular flexibility index (Phi) is 7.61. The number of para-hydroxylation sites is 1. The van der Waals surface area contributed by atoms with E-state index in [2.05, 4.69) is 10.5 Å². The minimum absolute atomic E-state index is 0.191. The van der Waals surface area contributed by atoms with Gasteiger partial charge < -0.3 is 14.6 Å². The molecule has 0 radical (unpaired) electrons. The lowest BCUT2D eigenvalue weighted by Gasteiger charge is -2.09. The maximum atomic E-state index is 11.9. The Hall–Kier alpha value is -3.84. The smallest absolute Gasteiger partial charge is 0.335 e. The van der Waals surface area contributed by atoms with Crippen molar-refractivity contribution in [1.29, 1.82) is 0 Å². The van der Waals surface area contributed by atoms with Gasteiger partial charge in [0, 0.05) is 10.6 Å². The molecule has 2 N–H and O–H groups in total. The van der Waals surface area contributed by atoms with Crippen molar-refractivity contribution < 1.29 is 24.2 Å². The zero-order valence-electron chi connectivity index (χ0n) is 16.3. The summed E-state index contributed by atoms with van der Waals surface area (Å²) >= 11 is 5.80. The molecule has 7 nitrogen and oxygen atoms in total. The van der Waals surface area contributed by atoms with E-state index in [9.17, 15) is 9.59 Å². The number of benzene rings is 3. The number of hydrogen-bond acceptors (Lipinski definition) is 5. The highest BCUT2D eigenvalue weighted by molar-refractivity contribution is 6.30. The summed E-state index contributed by atoms with van der Waals surface area (Å²) in [6.45, 7) is 0.0650. The van der Waals surface area contributed by atoms with Gasteiger partial charge in [0.05, 0.1) is 11.8 Å². The number of hydrogen-bond donors (Lipinski definition) is 2. The molecule has 31 heavy (non-hydrogen) atoms. The average Bonchev–Trinajstić information content (AvgIpc) is 2.78. The SMILES string of the molecule is O=C(COc1ccc(Cl)cc1)NN=Cc1ccccc1OCc1ccc(C(=O)O)cc1. The molecule has 0 heterocycles. The van der Waals surface area contributed by atoms with Crippen LogP contribution in [0.15, 0.2) is 77.9 Å². The lowest BCUT2D eigenvalue weighted by Crippen LogP contribution is -2.24. The number of carbonyl (C=O) groups excluding carboxylic acids is 1. The summed E-state index contributed by atoms with van der Waals surface area (Å²) in [6.07, 6.45) is 1.48. The van der Waals surface area contributed by atoms with E-state index in [1.165, 1.54) is 18.3 Å². The molecule has 0 atom stereocenters. The first-order valence-electron chi connectivity index (χ1n) is 9.25. The molecule has 0 saturated heterocycles. The summed E-state index contributed by atoms with van der Waals surface area (Å²) in [5, 5.41) is 13.5. The highest BCUT2D eigenvalue weighted by Gasteiger charge is 2.05. The highest BCUT2D eigenvalue weighted by Crippen LogP contribution is 2.18. The number of ether oxygens (including phenoxy) is 2. The van der Waals surface area contributed by atoms with Crippen molar-refractivity contribution in [2.45, 2.75) is 6.61 Å². The van der Waals surface area contributed by atoms with Crippen molar-refractivity contribution in [3.63, 3.8) is 0 Å². The Morgan fingerprint density at radius 3 is 2.39 bits per heavy atom. The number of halogens is 1. The number of carboxylic acids is 1. The summed E-state index contributed by atoms with van der Waals surface area (Å²) in [5.74, 6) is -0.295. The Morgan fingerprint density at radius 1 is 0.968 bits per heavy atom. The minimum atomic E-state index is -0.977. The van der Waals surface area contributed by atoms with Crippen molar-refractivity contribution >= 4 is 29.7 Å². The molecule has 0 aliphatic heterocycles. The van der Waals surface area contributed by atoms with E-state index in [-0.39, 0.29) is 18.8 Å². The quantitative estimate of drug-likeness (QED) is 0.386. The molecule has 0 fully saturated rings. The zero-order valence-corrected chi connectivity index (χ0v) is 17.1. The van der Waals surface area contributed by atoms with E-state index in [0.717, 1.165) is 5.56 Å². The summed E-state index contributed by atoms with van der Waals surface area (Å²) in [5.41, 5.74) is 4.11. The third-order valence-corrected chi connectivity index (χ3v) is 4.34. The van der Waals surface area contributed by atoms with E-state index < -0.39 is 11.9 Å². The predicted molar refractivity (Wildman–Crippen MR) is 117 cm³/mol. The molecule has 0 spiro atoms. The van der Waals surface area contributed by atoms with E-state index >= 15 is 0 Å². The first kappa shape index (κ1) is 21.9. The van der Waals surface area contributed by atoms with E-state index in [1.54, 1.807) is 48.5 Å². The van der Waals surface area contributed by atoms with Gasteiger partial charge in [-0.05, 0) is 54.1 Å². The van der Waals surface area contributed by atoms with Gasteiger partial charge >= 0.3 is 5.97 Å². The molecule has 1 amide bonds. The number of rotatable bonds is 9. The number of nitrogens with one attached hydrogen (secondary N) is 1. The molecular weight excluding hydrogens is 420 g/mol. The van der Waals surface area contributed by atoms with Crippen molar-refractivity contribution in [3.05, 3.63) is 94.5 Å². The Bertz CT molecular complexity index is 1070. The first-order valence-corrected chi connectivity index (χ1v) is 9.63. The van der Waals surface area contributed by atoms with Crippen molar-refractivity contribution in [2.24, 2.45) is 5.10 Å². The van der Waals surface area contributed by atoms with Crippen LogP contribution in [0, 0.1) is 0 Å². The van der Waals surface area contributed by atoms with Crippen LogP contribution in [-0.4, -0.2) is 29.8 Å². The highest BCUT2D eigenvalue weighted by atomic mass is 35.5. The van der Waals surface area contributed by atoms with Gasteiger partial charge in [0.2, 0.25) is 0 Å². The first-order chi connectivity index (χ1) is 15.0. The fourth-order valence-electron chi connectivity index (χ4n) is 2.51. The largest absolute Gasteiger partial charge is 0.488 e. The van der Waals surface area contributed by atoms with Crippen molar-refractivity contribution in [2.75, 3.05) is 6.61 Å². The average molecular weight is 439 g/mol. The number of carbonyl (C=O) groups is 2. The number of nitrogens with zero attached hydrogens (tertiary/aromatic N) is 1. The van der Waals surface area contributed by atoms with Gasteiger partial charge in [-0.1, -0.05) is 35.9 Å². The van der Waals surface area contributed by atoms with Gasteiger partial charge in [0.1, 0.15) is 18.1 Å².